The Morgan fingerprint density at radius 1 is 1.20 bits per heavy atom. The number of carboxylic acids is 1. The normalized spacial score (nSPS) is 42.0. The number of aliphatic hydroxyl groups is 3. The van der Waals surface area contributed by atoms with E-state index in [9.17, 15) is 20.1 Å². The van der Waals surface area contributed by atoms with Gasteiger partial charge in [-0.15, -0.1) is 0 Å². The van der Waals surface area contributed by atoms with Crippen LogP contribution in [0.4, 0.5) is 0 Å². The van der Waals surface area contributed by atoms with Crippen LogP contribution in [0, 0.1) is 0 Å². The summed E-state index contributed by atoms with van der Waals surface area (Å²) in [6, 6.07) is 0. The minimum absolute atomic E-state index is 0.922. The van der Waals surface area contributed by atoms with Crippen molar-refractivity contribution in [3.8, 4) is 0 Å². The van der Waals surface area contributed by atoms with Crippen molar-refractivity contribution >= 4 is 5.97 Å². The maximum absolute atomic E-state index is 10.7. The van der Waals surface area contributed by atoms with Gasteiger partial charge in [0.05, 0.1) is 0 Å². The molecule has 1 saturated heterocycles. The molecule has 0 aliphatic carbocycles. The van der Waals surface area contributed by atoms with Crippen molar-refractivity contribution in [2.75, 3.05) is 0 Å². The molecule has 86 valence electrons. The molecule has 4 N–H and O–H groups in total. The highest BCUT2D eigenvalue weighted by Crippen LogP contribution is 2.22. The molecule has 0 spiro atoms. The molecule has 1 aliphatic rings. The van der Waals surface area contributed by atoms with Gasteiger partial charge >= 0.3 is 5.97 Å². The highest BCUT2D eigenvalue weighted by atomic mass is 16.6. The number of carbonyl (C=O) groups is 1. The highest BCUT2D eigenvalue weighted by molar-refractivity contribution is 5.73. The van der Waals surface area contributed by atoms with Gasteiger partial charge in [0, 0.05) is 0 Å². The van der Waals surface area contributed by atoms with Crippen LogP contribution >= 0.6 is 0 Å². The van der Waals surface area contributed by atoms with E-state index in [0.717, 1.165) is 0 Å². The summed E-state index contributed by atoms with van der Waals surface area (Å²) in [5, 5.41) is 36.9. The monoisotopic (exact) mass is 218 g/mol. The summed E-state index contributed by atoms with van der Waals surface area (Å²) in [6.07, 6.45) is -3.93. The van der Waals surface area contributed by atoms with E-state index in [4.69, 9.17) is 9.84 Å². The molecule has 1 heterocycles. The predicted octanol–water partition coefficient (Wildman–Crippen LogP) is -1.50. The summed E-state index contributed by atoms with van der Waals surface area (Å²) in [5.74, 6) is -1.37. The quantitative estimate of drug-likeness (QED) is 0.420. The van der Waals surface area contributed by atoms with Crippen molar-refractivity contribution in [1.82, 2.24) is 0 Å². The summed E-state index contributed by atoms with van der Waals surface area (Å²) < 4.78 is 4.94. The van der Waals surface area contributed by atoms with Gasteiger partial charge in [-0.1, -0.05) is 12.2 Å². The molecule has 0 radical (unpaired) electrons. The maximum Gasteiger partial charge on any atom is 0.335 e. The standard InChI is InChI=1S/C9H14O6/c1-2-3-4-5(10)6(11)7(12)8(15-4)9(13)14/h2-8,10-12H,1H3,(H,13,14)/b3-2-/t4-,5+,6-,7+,8+/m1/s1. The summed E-state index contributed by atoms with van der Waals surface area (Å²) in [7, 11) is 0. The van der Waals surface area contributed by atoms with Crippen LogP contribution in [-0.2, 0) is 9.53 Å². The van der Waals surface area contributed by atoms with E-state index in [0.29, 0.717) is 0 Å². The lowest BCUT2D eigenvalue weighted by atomic mass is 9.95. The summed E-state index contributed by atoms with van der Waals surface area (Å²) in [6.45, 7) is 1.67. The first kappa shape index (κ1) is 12.1. The largest absolute Gasteiger partial charge is 0.479 e. The Kier molecular flexibility index (Phi) is 3.81. The van der Waals surface area contributed by atoms with Gasteiger partial charge in [0.2, 0.25) is 0 Å². The lowest BCUT2D eigenvalue weighted by molar-refractivity contribution is -0.217. The molecule has 15 heavy (non-hydrogen) atoms. The van der Waals surface area contributed by atoms with E-state index in [1.165, 1.54) is 6.08 Å². The van der Waals surface area contributed by atoms with Gasteiger partial charge in [0.15, 0.2) is 6.10 Å². The van der Waals surface area contributed by atoms with Crippen molar-refractivity contribution in [2.24, 2.45) is 0 Å². The fraction of sp³-hybridized carbons (Fsp3) is 0.667. The molecule has 1 aliphatic heterocycles. The van der Waals surface area contributed by atoms with Crippen LogP contribution in [0.5, 0.6) is 0 Å². The van der Waals surface area contributed by atoms with Gasteiger partial charge in [0.1, 0.15) is 24.4 Å². The van der Waals surface area contributed by atoms with Crippen LogP contribution in [0.2, 0.25) is 0 Å². The van der Waals surface area contributed by atoms with Crippen LogP contribution in [0.25, 0.3) is 0 Å². The fourth-order valence-corrected chi connectivity index (χ4v) is 1.46. The molecule has 0 aromatic heterocycles. The molecule has 5 atom stereocenters. The molecule has 0 bridgehead atoms. The molecule has 1 rings (SSSR count). The first-order valence-corrected chi connectivity index (χ1v) is 4.54. The summed E-state index contributed by atoms with van der Waals surface area (Å²) in [5.41, 5.74) is 0. The zero-order valence-corrected chi connectivity index (χ0v) is 8.15. The smallest absolute Gasteiger partial charge is 0.335 e. The van der Waals surface area contributed by atoms with Crippen molar-refractivity contribution in [1.29, 1.82) is 0 Å². The Labute approximate surface area is 86.4 Å². The van der Waals surface area contributed by atoms with Gasteiger partial charge in [-0.2, -0.15) is 0 Å². The van der Waals surface area contributed by atoms with Gasteiger partial charge in [-0.25, -0.2) is 4.79 Å². The zero-order valence-electron chi connectivity index (χ0n) is 8.15. The third-order valence-corrected chi connectivity index (χ3v) is 2.28. The molecule has 0 unspecified atom stereocenters. The predicted molar refractivity (Wildman–Crippen MR) is 49.1 cm³/mol. The summed E-state index contributed by atoms with van der Waals surface area (Å²) >= 11 is 0. The van der Waals surface area contributed by atoms with Crippen molar-refractivity contribution in [3.05, 3.63) is 12.2 Å². The average molecular weight is 218 g/mol. The van der Waals surface area contributed by atoms with Crippen LogP contribution in [0.3, 0.4) is 0 Å². The van der Waals surface area contributed by atoms with E-state index in [-0.39, 0.29) is 0 Å². The second-order valence-corrected chi connectivity index (χ2v) is 3.36. The minimum atomic E-state index is -1.63. The van der Waals surface area contributed by atoms with E-state index in [1.54, 1.807) is 13.0 Å². The number of hydrogen-bond donors (Lipinski definition) is 4. The Balaban J connectivity index is 2.84. The van der Waals surface area contributed by atoms with Crippen LogP contribution in [-0.4, -0.2) is 56.9 Å². The first-order chi connectivity index (χ1) is 6.99. The average Bonchev–Trinajstić information content (AvgIpc) is 2.18. The second kappa shape index (κ2) is 4.71. The van der Waals surface area contributed by atoms with E-state index >= 15 is 0 Å². The number of aliphatic carboxylic acids is 1. The Morgan fingerprint density at radius 2 is 1.80 bits per heavy atom. The lowest BCUT2D eigenvalue weighted by Crippen LogP contribution is -2.59. The minimum Gasteiger partial charge on any atom is -0.479 e. The van der Waals surface area contributed by atoms with Crippen LogP contribution < -0.4 is 0 Å². The molecule has 0 saturated carbocycles. The van der Waals surface area contributed by atoms with Crippen LogP contribution in [0.1, 0.15) is 6.92 Å². The second-order valence-electron chi connectivity index (χ2n) is 3.36. The van der Waals surface area contributed by atoms with Crippen molar-refractivity contribution < 1.29 is 30.0 Å². The lowest BCUT2D eigenvalue weighted by Gasteiger charge is -2.37. The third kappa shape index (κ3) is 2.35. The molecule has 0 aromatic rings. The highest BCUT2D eigenvalue weighted by Gasteiger charge is 2.45. The molecule has 6 heteroatoms. The van der Waals surface area contributed by atoms with Gasteiger partial charge in [-0.05, 0) is 6.92 Å². The van der Waals surface area contributed by atoms with E-state index in [2.05, 4.69) is 0 Å². The Morgan fingerprint density at radius 3 is 2.27 bits per heavy atom. The number of aliphatic hydroxyl groups excluding tert-OH is 3. The number of hydrogen-bond acceptors (Lipinski definition) is 5. The Hall–Kier alpha value is -0.950. The number of carboxylic acid groups (broad SMARTS) is 1. The van der Waals surface area contributed by atoms with E-state index in [1.807, 2.05) is 0 Å². The van der Waals surface area contributed by atoms with Gasteiger partial charge in [-0.3, -0.25) is 0 Å². The molecular weight excluding hydrogens is 204 g/mol. The van der Waals surface area contributed by atoms with E-state index < -0.39 is 36.5 Å². The number of rotatable bonds is 2. The molecular formula is C9H14O6. The molecule has 1 fully saturated rings. The zero-order chi connectivity index (χ0) is 11.6. The van der Waals surface area contributed by atoms with Crippen LogP contribution in [0.15, 0.2) is 12.2 Å². The van der Waals surface area contributed by atoms with Gasteiger partial charge < -0.3 is 25.2 Å². The van der Waals surface area contributed by atoms with Crippen molar-refractivity contribution in [3.63, 3.8) is 0 Å². The first-order valence-electron chi connectivity index (χ1n) is 4.54. The third-order valence-electron chi connectivity index (χ3n) is 2.28. The topological polar surface area (TPSA) is 107 Å². The summed E-state index contributed by atoms with van der Waals surface area (Å²) in [4.78, 5) is 10.7. The molecule has 0 amide bonds. The Bertz CT molecular complexity index is 263. The SMILES string of the molecule is C/C=C\[C@H]1O[C@H](C(=O)O)[C@@H](O)[C@H](O)[C@H]1O. The molecule has 6 nitrogen and oxygen atoms in total. The fourth-order valence-electron chi connectivity index (χ4n) is 1.46. The van der Waals surface area contributed by atoms with Gasteiger partial charge in [0.25, 0.3) is 0 Å². The van der Waals surface area contributed by atoms with Crippen molar-refractivity contribution in [2.45, 2.75) is 37.4 Å². The number of allylic oxidation sites excluding steroid dienone is 1. The molecule has 0 aromatic carbocycles. The maximum atomic E-state index is 10.7. The number of ether oxygens (including phenoxy) is 1.